The highest BCUT2D eigenvalue weighted by Crippen LogP contribution is 2.18. The Hall–Kier alpha value is -2.08. The van der Waals surface area contributed by atoms with Gasteiger partial charge < -0.3 is 19.8 Å². The monoisotopic (exact) mass is 290 g/mol. The minimum atomic E-state index is 0.250. The van der Waals surface area contributed by atoms with Crippen LogP contribution < -0.4 is 15.4 Å². The predicted octanol–water partition coefficient (Wildman–Crippen LogP) is 2.17. The first kappa shape index (κ1) is 15.3. The molecule has 0 saturated heterocycles. The van der Waals surface area contributed by atoms with Gasteiger partial charge in [-0.1, -0.05) is 31.1 Å². The van der Waals surface area contributed by atoms with Gasteiger partial charge in [0.2, 0.25) is 5.89 Å². The number of nitrogens with two attached hydrogens (primary N) is 1. The summed E-state index contributed by atoms with van der Waals surface area (Å²) < 4.78 is 11.1. The van der Waals surface area contributed by atoms with E-state index in [1.807, 2.05) is 24.1 Å². The van der Waals surface area contributed by atoms with Crippen LogP contribution in [-0.4, -0.2) is 30.4 Å². The number of hydrogen-bond acceptors (Lipinski definition) is 6. The van der Waals surface area contributed by atoms with Gasteiger partial charge >= 0.3 is 6.01 Å². The maximum absolute atomic E-state index is 5.71. The Morgan fingerprint density at radius 1 is 1.24 bits per heavy atom. The van der Waals surface area contributed by atoms with Gasteiger partial charge in [-0.3, -0.25) is 0 Å². The van der Waals surface area contributed by atoms with Crippen molar-refractivity contribution in [3.05, 3.63) is 35.7 Å². The van der Waals surface area contributed by atoms with Gasteiger partial charge in [0.15, 0.2) is 0 Å². The smallest absolute Gasteiger partial charge is 0.318 e. The van der Waals surface area contributed by atoms with Crippen molar-refractivity contribution in [2.75, 3.05) is 25.1 Å². The molecular weight excluding hydrogens is 268 g/mol. The molecule has 0 aliphatic heterocycles. The highest BCUT2D eigenvalue weighted by Gasteiger charge is 2.09. The molecule has 0 fully saturated rings. The summed E-state index contributed by atoms with van der Waals surface area (Å²) >= 11 is 0. The second kappa shape index (κ2) is 7.08. The molecule has 1 aromatic carbocycles. The lowest BCUT2D eigenvalue weighted by Crippen LogP contribution is -2.24. The summed E-state index contributed by atoms with van der Waals surface area (Å²) in [6.07, 6.45) is 0. The van der Waals surface area contributed by atoms with Crippen molar-refractivity contribution in [1.29, 1.82) is 0 Å². The molecule has 6 heteroatoms. The zero-order valence-electron chi connectivity index (χ0n) is 12.7. The van der Waals surface area contributed by atoms with Crippen molar-refractivity contribution in [3.8, 4) is 5.75 Å². The summed E-state index contributed by atoms with van der Waals surface area (Å²) in [6, 6.07) is 8.63. The summed E-state index contributed by atoms with van der Waals surface area (Å²) in [5, 5.41) is 7.74. The van der Waals surface area contributed by atoms with E-state index in [4.69, 9.17) is 14.9 Å². The fraction of sp³-hybridized carbons (Fsp3) is 0.467. The summed E-state index contributed by atoms with van der Waals surface area (Å²) in [4.78, 5) is 1.84. The SMILES string of the molecule is CC(C)c1ccc(OCCN(C)c2nnc(CN)o2)cc1. The third-order valence-electron chi connectivity index (χ3n) is 3.20. The minimum absolute atomic E-state index is 0.250. The molecule has 0 aliphatic carbocycles. The number of anilines is 1. The number of likely N-dealkylation sites (N-methyl/N-ethyl adjacent to an activating group) is 1. The van der Waals surface area contributed by atoms with E-state index in [1.165, 1.54) is 5.56 Å². The highest BCUT2D eigenvalue weighted by molar-refractivity contribution is 5.29. The maximum Gasteiger partial charge on any atom is 0.318 e. The number of nitrogens with zero attached hydrogens (tertiary/aromatic N) is 3. The van der Waals surface area contributed by atoms with E-state index in [9.17, 15) is 0 Å². The van der Waals surface area contributed by atoms with E-state index >= 15 is 0 Å². The molecule has 0 unspecified atom stereocenters. The molecule has 114 valence electrons. The molecular formula is C15H22N4O2. The Morgan fingerprint density at radius 3 is 2.52 bits per heavy atom. The lowest BCUT2D eigenvalue weighted by molar-refractivity contribution is 0.322. The maximum atomic E-state index is 5.71. The van der Waals surface area contributed by atoms with E-state index < -0.39 is 0 Å². The van der Waals surface area contributed by atoms with Gasteiger partial charge in [-0.15, -0.1) is 5.10 Å². The molecule has 0 radical (unpaired) electrons. The topological polar surface area (TPSA) is 77.4 Å². The summed E-state index contributed by atoms with van der Waals surface area (Å²) in [6.45, 7) is 5.78. The Kier molecular flexibility index (Phi) is 5.16. The average molecular weight is 290 g/mol. The number of aromatic nitrogens is 2. The van der Waals surface area contributed by atoms with Crippen molar-refractivity contribution < 1.29 is 9.15 Å². The van der Waals surface area contributed by atoms with Crippen LogP contribution in [0.3, 0.4) is 0 Å². The number of rotatable bonds is 7. The van der Waals surface area contributed by atoms with E-state index in [2.05, 4.69) is 36.2 Å². The lowest BCUT2D eigenvalue weighted by atomic mass is 10.0. The molecule has 2 aromatic rings. The van der Waals surface area contributed by atoms with Crippen LogP contribution in [-0.2, 0) is 6.54 Å². The fourth-order valence-electron chi connectivity index (χ4n) is 1.83. The van der Waals surface area contributed by atoms with Crippen LogP contribution >= 0.6 is 0 Å². The second-order valence-corrected chi connectivity index (χ2v) is 5.18. The largest absolute Gasteiger partial charge is 0.492 e. The first-order chi connectivity index (χ1) is 10.1. The molecule has 0 atom stereocenters. The van der Waals surface area contributed by atoms with Crippen LogP contribution in [0.5, 0.6) is 5.75 Å². The summed E-state index contributed by atoms with van der Waals surface area (Å²) in [5.74, 6) is 1.82. The number of ether oxygens (including phenoxy) is 1. The molecule has 1 aromatic heterocycles. The van der Waals surface area contributed by atoms with Crippen LogP contribution in [0.1, 0.15) is 31.2 Å². The van der Waals surface area contributed by atoms with Crippen molar-refractivity contribution >= 4 is 6.01 Å². The predicted molar refractivity (Wildman–Crippen MR) is 81.5 cm³/mol. The highest BCUT2D eigenvalue weighted by atomic mass is 16.5. The van der Waals surface area contributed by atoms with Gasteiger partial charge in [-0.25, -0.2) is 0 Å². The van der Waals surface area contributed by atoms with Crippen LogP contribution in [0.2, 0.25) is 0 Å². The van der Waals surface area contributed by atoms with Gasteiger partial charge in [0.25, 0.3) is 0 Å². The zero-order chi connectivity index (χ0) is 15.2. The molecule has 0 aliphatic rings. The van der Waals surface area contributed by atoms with Gasteiger partial charge in [0, 0.05) is 7.05 Å². The van der Waals surface area contributed by atoms with Crippen molar-refractivity contribution in [1.82, 2.24) is 10.2 Å². The second-order valence-electron chi connectivity index (χ2n) is 5.18. The Labute approximate surface area is 124 Å². The lowest BCUT2D eigenvalue weighted by Gasteiger charge is -2.14. The van der Waals surface area contributed by atoms with Gasteiger partial charge in [-0.05, 0) is 23.6 Å². The Balaban J connectivity index is 1.80. The normalized spacial score (nSPS) is 10.9. The fourth-order valence-corrected chi connectivity index (χ4v) is 1.83. The molecule has 0 amide bonds. The third kappa shape index (κ3) is 4.19. The Morgan fingerprint density at radius 2 is 1.95 bits per heavy atom. The van der Waals surface area contributed by atoms with E-state index in [0.29, 0.717) is 31.0 Å². The molecule has 1 heterocycles. The van der Waals surface area contributed by atoms with Gasteiger partial charge in [0.05, 0.1) is 13.1 Å². The summed E-state index contributed by atoms with van der Waals surface area (Å²) in [5.41, 5.74) is 6.74. The van der Waals surface area contributed by atoms with E-state index in [1.54, 1.807) is 0 Å². The number of benzene rings is 1. The molecule has 21 heavy (non-hydrogen) atoms. The van der Waals surface area contributed by atoms with E-state index in [-0.39, 0.29) is 6.54 Å². The Bertz CT molecular complexity index is 551. The first-order valence-electron chi connectivity index (χ1n) is 7.06. The van der Waals surface area contributed by atoms with Crippen LogP contribution in [0.4, 0.5) is 6.01 Å². The van der Waals surface area contributed by atoms with Crippen LogP contribution in [0, 0.1) is 0 Å². The molecule has 2 N–H and O–H groups in total. The van der Waals surface area contributed by atoms with Gasteiger partial charge in [-0.2, -0.15) is 0 Å². The molecule has 2 rings (SSSR count). The number of hydrogen-bond donors (Lipinski definition) is 1. The van der Waals surface area contributed by atoms with Crippen molar-refractivity contribution in [3.63, 3.8) is 0 Å². The summed E-state index contributed by atoms with van der Waals surface area (Å²) in [7, 11) is 1.87. The molecule has 6 nitrogen and oxygen atoms in total. The zero-order valence-corrected chi connectivity index (χ0v) is 12.7. The first-order valence-corrected chi connectivity index (χ1v) is 7.06. The van der Waals surface area contributed by atoms with Crippen molar-refractivity contribution in [2.45, 2.75) is 26.3 Å². The molecule has 0 spiro atoms. The third-order valence-corrected chi connectivity index (χ3v) is 3.20. The van der Waals surface area contributed by atoms with Crippen molar-refractivity contribution in [2.24, 2.45) is 5.73 Å². The molecule has 0 saturated carbocycles. The van der Waals surface area contributed by atoms with E-state index in [0.717, 1.165) is 5.75 Å². The standard InChI is InChI=1S/C15H22N4O2/c1-11(2)12-4-6-13(7-5-12)20-9-8-19(3)15-18-17-14(10-16)21-15/h4-7,11H,8-10,16H2,1-3H3. The quantitative estimate of drug-likeness (QED) is 0.842. The van der Waals surface area contributed by atoms with Crippen LogP contribution in [0.15, 0.2) is 28.7 Å². The van der Waals surface area contributed by atoms with Crippen LogP contribution in [0.25, 0.3) is 0 Å². The van der Waals surface area contributed by atoms with Gasteiger partial charge in [0.1, 0.15) is 12.4 Å². The average Bonchev–Trinajstić information content (AvgIpc) is 2.96. The minimum Gasteiger partial charge on any atom is -0.492 e. The molecule has 0 bridgehead atoms.